The topological polar surface area (TPSA) is 58.1 Å². The minimum absolute atomic E-state index is 0.154. The number of ether oxygens (including phenoxy) is 2. The summed E-state index contributed by atoms with van der Waals surface area (Å²) < 4.78 is 11.2. The zero-order chi connectivity index (χ0) is 19.5. The fourth-order valence-corrected chi connectivity index (χ4v) is 3.31. The molecule has 27 heavy (non-hydrogen) atoms. The van der Waals surface area contributed by atoms with E-state index >= 15 is 0 Å². The largest absolute Gasteiger partial charge is 0.381 e. The Labute approximate surface area is 164 Å². The van der Waals surface area contributed by atoms with Crippen molar-refractivity contribution in [1.29, 1.82) is 0 Å². The SMILES string of the molecule is CN=C(NCCC(C)N(C)Cc1ccccc1)NCC1(OC)CCOCC1. The minimum atomic E-state index is -0.154. The van der Waals surface area contributed by atoms with Crippen LogP contribution in [0.5, 0.6) is 0 Å². The van der Waals surface area contributed by atoms with E-state index in [1.807, 2.05) is 7.05 Å². The van der Waals surface area contributed by atoms with Gasteiger partial charge in [0.2, 0.25) is 0 Å². The number of guanidine groups is 1. The second kappa shape index (κ2) is 11.3. The van der Waals surface area contributed by atoms with Crippen molar-refractivity contribution in [2.75, 3.05) is 47.5 Å². The predicted molar refractivity (Wildman–Crippen MR) is 111 cm³/mol. The van der Waals surface area contributed by atoms with Crippen LogP contribution in [0.25, 0.3) is 0 Å². The molecular weight excluding hydrogens is 340 g/mol. The van der Waals surface area contributed by atoms with Crippen molar-refractivity contribution in [2.45, 2.75) is 44.4 Å². The van der Waals surface area contributed by atoms with E-state index in [4.69, 9.17) is 9.47 Å². The Morgan fingerprint density at radius 2 is 1.96 bits per heavy atom. The van der Waals surface area contributed by atoms with Crippen molar-refractivity contribution in [3.8, 4) is 0 Å². The number of benzene rings is 1. The average Bonchev–Trinajstić information content (AvgIpc) is 2.71. The zero-order valence-corrected chi connectivity index (χ0v) is 17.3. The number of hydrogen-bond donors (Lipinski definition) is 2. The Bertz CT molecular complexity index is 559. The first-order valence-corrected chi connectivity index (χ1v) is 9.90. The van der Waals surface area contributed by atoms with Gasteiger partial charge in [-0.1, -0.05) is 30.3 Å². The Hall–Kier alpha value is -1.63. The molecular formula is C21H36N4O2. The van der Waals surface area contributed by atoms with Gasteiger partial charge in [-0.2, -0.15) is 0 Å². The van der Waals surface area contributed by atoms with Crippen LogP contribution in [0.2, 0.25) is 0 Å². The molecule has 1 aliphatic rings. The maximum atomic E-state index is 5.77. The third kappa shape index (κ3) is 7.13. The lowest BCUT2D eigenvalue weighted by atomic mass is 9.94. The molecule has 6 heteroatoms. The molecule has 0 bridgehead atoms. The first-order chi connectivity index (χ1) is 13.1. The quantitative estimate of drug-likeness (QED) is 0.511. The lowest BCUT2D eigenvalue weighted by Crippen LogP contribution is -2.51. The first kappa shape index (κ1) is 21.7. The number of methoxy groups -OCH3 is 1. The minimum Gasteiger partial charge on any atom is -0.381 e. The van der Waals surface area contributed by atoms with Crippen LogP contribution in [-0.2, 0) is 16.0 Å². The van der Waals surface area contributed by atoms with Gasteiger partial charge >= 0.3 is 0 Å². The van der Waals surface area contributed by atoms with Gasteiger partial charge < -0.3 is 20.1 Å². The normalized spacial score (nSPS) is 18.3. The molecule has 0 spiro atoms. The van der Waals surface area contributed by atoms with Gasteiger partial charge in [-0.15, -0.1) is 0 Å². The summed E-state index contributed by atoms with van der Waals surface area (Å²) >= 11 is 0. The predicted octanol–water partition coefficient (Wildman–Crippen LogP) is 2.26. The van der Waals surface area contributed by atoms with E-state index in [1.165, 1.54) is 5.56 Å². The van der Waals surface area contributed by atoms with Gasteiger partial charge in [0, 0.05) is 65.9 Å². The summed E-state index contributed by atoms with van der Waals surface area (Å²) in [5.74, 6) is 0.829. The van der Waals surface area contributed by atoms with Gasteiger partial charge in [-0.3, -0.25) is 9.89 Å². The zero-order valence-electron chi connectivity index (χ0n) is 17.3. The number of nitrogens with zero attached hydrogens (tertiary/aromatic N) is 2. The van der Waals surface area contributed by atoms with E-state index in [-0.39, 0.29) is 5.60 Å². The monoisotopic (exact) mass is 376 g/mol. The van der Waals surface area contributed by atoms with Crippen LogP contribution < -0.4 is 10.6 Å². The summed E-state index contributed by atoms with van der Waals surface area (Å²) in [6.07, 6.45) is 2.87. The molecule has 1 aromatic rings. The molecule has 1 heterocycles. The van der Waals surface area contributed by atoms with Crippen LogP contribution in [0.15, 0.2) is 35.3 Å². The lowest BCUT2D eigenvalue weighted by molar-refractivity contribution is -0.0855. The van der Waals surface area contributed by atoms with Crippen LogP contribution in [0.3, 0.4) is 0 Å². The molecule has 6 nitrogen and oxygen atoms in total. The van der Waals surface area contributed by atoms with Crippen molar-refractivity contribution in [1.82, 2.24) is 15.5 Å². The smallest absolute Gasteiger partial charge is 0.191 e. The first-order valence-electron chi connectivity index (χ1n) is 9.90. The molecule has 1 atom stereocenters. The molecule has 1 unspecified atom stereocenters. The van der Waals surface area contributed by atoms with Gasteiger partial charge in [0.1, 0.15) is 0 Å². The van der Waals surface area contributed by atoms with E-state index in [0.717, 1.165) is 58.1 Å². The molecule has 1 saturated heterocycles. The van der Waals surface area contributed by atoms with E-state index in [2.05, 4.69) is 64.8 Å². The molecule has 2 N–H and O–H groups in total. The summed E-state index contributed by atoms with van der Waals surface area (Å²) in [6.45, 7) is 6.37. The molecule has 152 valence electrons. The molecule has 0 aromatic heterocycles. The van der Waals surface area contributed by atoms with E-state index in [0.29, 0.717) is 6.04 Å². The molecule has 0 saturated carbocycles. The highest BCUT2D eigenvalue weighted by Gasteiger charge is 2.32. The molecule has 1 aliphatic heterocycles. The standard InChI is InChI=1S/C21H36N4O2/c1-18(25(3)16-19-8-6-5-7-9-19)10-13-23-20(22-2)24-17-21(26-4)11-14-27-15-12-21/h5-9,18H,10-17H2,1-4H3,(H2,22,23,24). The molecule has 0 amide bonds. The second-order valence-corrected chi connectivity index (χ2v) is 7.39. The second-order valence-electron chi connectivity index (χ2n) is 7.39. The summed E-state index contributed by atoms with van der Waals surface area (Å²) in [7, 11) is 5.77. The molecule has 0 aliphatic carbocycles. The maximum Gasteiger partial charge on any atom is 0.191 e. The van der Waals surface area contributed by atoms with Gasteiger partial charge in [0.05, 0.1) is 5.60 Å². The summed E-state index contributed by atoms with van der Waals surface area (Å²) in [6, 6.07) is 11.1. The van der Waals surface area contributed by atoms with Crippen LogP contribution in [-0.4, -0.2) is 70.0 Å². The molecule has 2 rings (SSSR count). The van der Waals surface area contributed by atoms with Gasteiger partial charge in [0.15, 0.2) is 5.96 Å². The summed E-state index contributed by atoms with van der Waals surface area (Å²) in [4.78, 5) is 6.73. The number of aliphatic imine (C=N–C) groups is 1. The van der Waals surface area contributed by atoms with E-state index < -0.39 is 0 Å². The van der Waals surface area contributed by atoms with Gasteiger partial charge in [-0.05, 0) is 26.0 Å². The average molecular weight is 377 g/mol. The molecule has 0 radical (unpaired) electrons. The highest BCUT2D eigenvalue weighted by molar-refractivity contribution is 5.79. The van der Waals surface area contributed by atoms with Crippen LogP contribution in [0.4, 0.5) is 0 Å². The Kier molecular flexibility index (Phi) is 9.04. The maximum absolute atomic E-state index is 5.77. The van der Waals surface area contributed by atoms with Gasteiger partial charge in [-0.25, -0.2) is 0 Å². The fourth-order valence-electron chi connectivity index (χ4n) is 3.31. The van der Waals surface area contributed by atoms with Crippen molar-refractivity contribution in [2.24, 2.45) is 4.99 Å². The van der Waals surface area contributed by atoms with E-state index in [1.54, 1.807) is 7.11 Å². The number of rotatable bonds is 9. The summed E-state index contributed by atoms with van der Waals surface area (Å²) in [5.41, 5.74) is 1.19. The highest BCUT2D eigenvalue weighted by atomic mass is 16.5. The molecule has 1 fully saturated rings. The van der Waals surface area contributed by atoms with Crippen molar-refractivity contribution in [3.05, 3.63) is 35.9 Å². The number of hydrogen-bond acceptors (Lipinski definition) is 4. The van der Waals surface area contributed by atoms with Crippen molar-refractivity contribution < 1.29 is 9.47 Å². The van der Waals surface area contributed by atoms with Crippen molar-refractivity contribution >= 4 is 5.96 Å². The highest BCUT2D eigenvalue weighted by Crippen LogP contribution is 2.23. The van der Waals surface area contributed by atoms with Crippen molar-refractivity contribution in [3.63, 3.8) is 0 Å². The Balaban J connectivity index is 1.70. The van der Waals surface area contributed by atoms with E-state index in [9.17, 15) is 0 Å². The number of nitrogens with one attached hydrogen (secondary N) is 2. The van der Waals surface area contributed by atoms with Crippen LogP contribution >= 0.6 is 0 Å². The Morgan fingerprint density at radius 1 is 1.26 bits per heavy atom. The molecule has 1 aromatic carbocycles. The summed E-state index contributed by atoms with van der Waals surface area (Å²) in [5, 5.41) is 6.84. The third-order valence-corrected chi connectivity index (χ3v) is 5.52. The van der Waals surface area contributed by atoms with Gasteiger partial charge in [0.25, 0.3) is 0 Å². The third-order valence-electron chi connectivity index (χ3n) is 5.52. The Morgan fingerprint density at radius 3 is 2.59 bits per heavy atom. The fraction of sp³-hybridized carbons (Fsp3) is 0.667. The lowest BCUT2D eigenvalue weighted by Gasteiger charge is -2.36. The van der Waals surface area contributed by atoms with Crippen LogP contribution in [0, 0.1) is 0 Å². The van der Waals surface area contributed by atoms with Crippen LogP contribution in [0.1, 0.15) is 31.7 Å².